The van der Waals surface area contributed by atoms with Gasteiger partial charge in [0.15, 0.2) is 12.0 Å². The molecule has 0 saturated heterocycles. The van der Waals surface area contributed by atoms with E-state index in [1.54, 1.807) is 6.92 Å². The molecule has 6 nitrogen and oxygen atoms in total. The van der Waals surface area contributed by atoms with Crippen LogP contribution in [0.4, 0.5) is 0 Å². The molecule has 1 aromatic carbocycles. The van der Waals surface area contributed by atoms with E-state index in [0.29, 0.717) is 5.02 Å². The van der Waals surface area contributed by atoms with Crippen molar-refractivity contribution in [3.63, 3.8) is 0 Å². The lowest BCUT2D eigenvalue weighted by atomic mass is 10.2. The maximum Gasteiger partial charge on any atom is 0.255 e. The first-order chi connectivity index (χ1) is 10.9. The van der Waals surface area contributed by atoms with Crippen molar-refractivity contribution in [1.82, 2.24) is 20.5 Å². The lowest BCUT2D eigenvalue weighted by molar-refractivity contribution is -0.117. The minimum Gasteiger partial charge on any atom is -0.468 e. The molecule has 120 valence electrons. The van der Waals surface area contributed by atoms with Crippen molar-refractivity contribution in [1.29, 1.82) is 0 Å². The lowest BCUT2D eigenvalue weighted by Gasteiger charge is -2.18. The highest BCUT2D eigenvalue weighted by molar-refractivity contribution is 6.40. The van der Waals surface area contributed by atoms with Gasteiger partial charge < -0.3 is 10.1 Å². The zero-order valence-corrected chi connectivity index (χ0v) is 14.2. The van der Waals surface area contributed by atoms with Gasteiger partial charge in [-0.2, -0.15) is 0 Å². The highest BCUT2D eigenvalue weighted by Gasteiger charge is 2.17. The van der Waals surface area contributed by atoms with Gasteiger partial charge in [-0.15, -0.1) is 10.2 Å². The van der Waals surface area contributed by atoms with E-state index in [-0.39, 0.29) is 27.1 Å². The first kappa shape index (κ1) is 17.5. The van der Waals surface area contributed by atoms with Gasteiger partial charge in [-0.3, -0.25) is 4.79 Å². The van der Waals surface area contributed by atoms with Gasteiger partial charge in [0.1, 0.15) is 12.0 Å². The molecule has 1 N–H and O–H groups in total. The summed E-state index contributed by atoms with van der Waals surface area (Å²) < 4.78 is 5.54. The van der Waals surface area contributed by atoms with Crippen LogP contribution in [0.25, 0.3) is 5.57 Å². The van der Waals surface area contributed by atoms with Gasteiger partial charge in [0.05, 0.1) is 21.8 Å². The molecular formula is C14H11Cl3N4O2. The summed E-state index contributed by atoms with van der Waals surface area (Å²) in [6.45, 7) is 5.26. The van der Waals surface area contributed by atoms with Crippen LogP contribution in [-0.2, 0) is 4.79 Å². The van der Waals surface area contributed by atoms with Crippen LogP contribution < -0.4 is 10.1 Å². The Hall–Kier alpha value is -1.89. The summed E-state index contributed by atoms with van der Waals surface area (Å²) in [5, 5.41) is 10.8. The maximum absolute atomic E-state index is 12.1. The predicted molar refractivity (Wildman–Crippen MR) is 88.6 cm³/mol. The van der Waals surface area contributed by atoms with Crippen LogP contribution in [0, 0.1) is 0 Å². The molecule has 1 unspecified atom stereocenters. The number of ether oxygens (including phenoxy) is 1. The van der Waals surface area contributed by atoms with Gasteiger partial charge in [-0.1, -0.05) is 41.4 Å². The molecule has 1 atom stereocenters. The molecule has 1 aromatic heterocycles. The Balaban J connectivity index is 2.04. The van der Waals surface area contributed by atoms with E-state index in [1.165, 1.54) is 24.7 Å². The Morgan fingerprint density at radius 3 is 2.52 bits per heavy atom. The molecule has 1 amide bonds. The standard InChI is InChI=1S/C14H11Cl3N4O2/c1-7(12-5-18-6-19-21-12)14(22)20-8(2)23-13-10(16)3-9(15)4-11(13)17/h3-6,8H,1H2,2H3,(H,20,22). The number of carbonyl (C=O) groups is 1. The molecule has 0 bridgehead atoms. The largest absolute Gasteiger partial charge is 0.468 e. The summed E-state index contributed by atoms with van der Waals surface area (Å²) in [5.74, 6) is -0.265. The number of nitrogens with one attached hydrogen (secondary N) is 1. The molecule has 0 spiro atoms. The normalized spacial score (nSPS) is 11.7. The molecule has 0 saturated carbocycles. The van der Waals surface area contributed by atoms with Gasteiger partial charge in [0.2, 0.25) is 0 Å². The van der Waals surface area contributed by atoms with Gasteiger partial charge in [-0.25, -0.2) is 4.98 Å². The monoisotopic (exact) mass is 372 g/mol. The molecule has 9 heteroatoms. The van der Waals surface area contributed by atoms with E-state index in [1.807, 2.05) is 0 Å². The van der Waals surface area contributed by atoms with Crippen LogP contribution in [0.2, 0.25) is 15.1 Å². The number of nitrogens with zero attached hydrogens (tertiary/aromatic N) is 3. The second-order valence-electron chi connectivity index (χ2n) is 4.41. The second kappa shape index (κ2) is 7.59. The number of amides is 1. The van der Waals surface area contributed by atoms with Crippen LogP contribution in [0.3, 0.4) is 0 Å². The molecule has 2 aromatic rings. The van der Waals surface area contributed by atoms with Gasteiger partial charge in [-0.05, 0) is 19.1 Å². The van der Waals surface area contributed by atoms with Crippen LogP contribution in [0.5, 0.6) is 5.75 Å². The Bertz CT molecular complexity index is 717. The Morgan fingerprint density at radius 2 is 1.96 bits per heavy atom. The minimum atomic E-state index is -0.722. The zero-order valence-electron chi connectivity index (χ0n) is 11.9. The fourth-order valence-electron chi connectivity index (χ4n) is 1.62. The quantitative estimate of drug-likeness (QED) is 0.642. The molecule has 0 radical (unpaired) electrons. The molecule has 23 heavy (non-hydrogen) atoms. The van der Waals surface area contributed by atoms with Gasteiger partial charge in [0, 0.05) is 5.02 Å². The number of hydrogen-bond donors (Lipinski definition) is 1. The first-order valence-electron chi connectivity index (χ1n) is 6.32. The molecule has 0 fully saturated rings. The summed E-state index contributed by atoms with van der Waals surface area (Å²) in [6, 6.07) is 2.98. The fraction of sp³-hybridized carbons (Fsp3) is 0.143. The second-order valence-corrected chi connectivity index (χ2v) is 5.66. The van der Waals surface area contributed by atoms with E-state index >= 15 is 0 Å². The van der Waals surface area contributed by atoms with Crippen molar-refractivity contribution in [2.45, 2.75) is 13.2 Å². The summed E-state index contributed by atoms with van der Waals surface area (Å²) in [6.07, 6.45) is 1.92. The summed E-state index contributed by atoms with van der Waals surface area (Å²) in [7, 11) is 0. The lowest BCUT2D eigenvalue weighted by Crippen LogP contribution is -2.37. The number of carbonyl (C=O) groups excluding carboxylic acids is 1. The number of rotatable bonds is 5. The van der Waals surface area contributed by atoms with Crippen LogP contribution in [-0.4, -0.2) is 27.3 Å². The molecule has 2 rings (SSSR count). The molecule has 1 heterocycles. The number of hydrogen-bond acceptors (Lipinski definition) is 5. The van der Waals surface area contributed by atoms with E-state index < -0.39 is 12.1 Å². The van der Waals surface area contributed by atoms with Crippen molar-refractivity contribution >= 4 is 46.3 Å². The van der Waals surface area contributed by atoms with Gasteiger partial charge >= 0.3 is 0 Å². The van der Waals surface area contributed by atoms with Crippen molar-refractivity contribution in [2.24, 2.45) is 0 Å². The van der Waals surface area contributed by atoms with Crippen molar-refractivity contribution in [2.75, 3.05) is 0 Å². The third kappa shape index (κ3) is 4.54. The van der Waals surface area contributed by atoms with E-state index in [0.717, 1.165) is 0 Å². The van der Waals surface area contributed by atoms with E-state index in [2.05, 4.69) is 27.1 Å². The summed E-state index contributed by atoms with van der Waals surface area (Å²) in [5.41, 5.74) is 0.370. The molecule has 0 aliphatic rings. The van der Waals surface area contributed by atoms with E-state index in [9.17, 15) is 4.79 Å². The maximum atomic E-state index is 12.1. The van der Waals surface area contributed by atoms with Crippen LogP contribution in [0.1, 0.15) is 12.6 Å². The Morgan fingerprint density at radius 1 is 1.30 bits per heavy atom. The smallest absolute Gasteiger partial charge is 0.255 e. The number of halogens is 3. The third-order valence-corrected chi connectivity index (χ3v) is 3.44. The summed E-state index contributed by atoms with van der Waals surface area (Å²) in [4.78, 5) is 15.9. The third-order valence-electron chi connectivity index (χ3n) is 2.66. The highest BCUT2D eigenvalue weighted by Crippen LogP contribution is 2.36. The molecular weight excluding hydrogens is 363 g/mol. The predicted octanol–water partition coefficient (Wildman–Crippen LogP) is 3.39. The zero-order chi connectivity index (χ0) is 17.0. The summed E-state index contributed by atoms with van der Waals surface area (Å²) >= 11 is 17.9. The minimum absolute atomic E-state index is 0.106. The number of aromatic nitrogens is 3. The average Bonchev–Trinajstić information content (AvgIpc) is 2.51. The molecule has 0 aliphatic carbocycles. The number of benzene rings is 1. The highest BCUT2D eigenvalue weighted by atomic mass is 35.5. The SMILES string of the molecule is C=C(C(=O)NC(C)Oc1c(Cl)cc(Cl)cc1Cl)c1cncnn1. The van der Waals surface area contributed by atoms with Crippen molar-refractivity contribution in [3.8, 4) is 5.75 Å². The van der Waals surface area contributed by atoms with Crippen molar-refractivity contribution in [3.05, 3.63) is 52.0 Å². The van der Waals surface area contributed by atoms with Gasteiger partial charge in [0.25, 0.3) is 5.91 Å². The Kier molecular flexibility index (Phi) is 5.76. The fourth-order valence-corrected chi connectivity index (χ4v) is 2.53. The average molecular weight is 374 g/mol. The van der Waals surface area contributed by atoms with Crippen molar-refractivity contribution < 1.29 is 9.53 Å². The topological polar surface area (TPSA) is 77.0 Å². The van der Waals surface area contributed by atoms with Crippen LogP contribution in [0.15, 0.2) is 31.2 Å². The molecule has 0 aliphatic heterocycles. The van der Waals surface area contributed by atoms with Crippen LogP contribution >= 0.6 is 34.8 Å². The first-order valence-corrected chi connectivity index (χ1v) is 7.46. The van der Waals surface area contributed by atoms with E-state index in [4.69, 9.17) is 39.5 Å². The Labute approximate surface area is 147 Å².